The molecule has 2 N–H and O–H groups in total. The second kappa shape index (κ2) is 5.31. The highest BCUT2D eigenvalue weighted by Crippen LogP contribution is 2.40. The molecule has 0 unspecified atom stereocenters. The van der Waals surface area contributed by atoms with E-state index in [0.29, 0.717) is 18.2 Å². The predicted octanol–water partition coefficient (Wildman–Crippen LogP) is 3.05. The first-order chi connectivity index (χ1) is 7.78. The second-order valence-electron chi connectivity index (χ2n) is 5.74. The Bertz CT molecular complexity index is 235. The van der Waals surface area contributed by atoms with Crippen LogP contribution >= 0.6 is 0 Å². The van der Waals surface area contributed by atoms with Gasteiger partial charge in [0.25, 0.3) is 0 Å². The summed E-state index contributed by atoms with van der Waals surface area (Å²) in [5, 5.41) is 0. The first-order valence-electron chi connectivity index (χ1n) is 7.03. The van der Waals surface area contributed by atoms with Crippen molar-refractivity contribution in [3.05, 3.63) is 0 Å². The van der Waals surface area contributed by atoms with Gasteiger partial charge in [-0.1, -0.05) is 38.5 Å². The molecule has 0 radical (unpaired) electrons. The van der Waals surface area contributed by atoms with Crippen LogP contribution in [0.2, 0.25) is 0 Å². The maximum absolute atomic E-state index is 12.6. The molecule has 0 spiro atoms. The van der Waals surface area contributed by atoms with E-state index in [2.05, 4.69) is 0 Å². The molecule has 0 aromatic carbocycles. The van der Waals surface area contributed by atoms with Crippen molar-refractivity contribution in [3.63, 3.8) is 0 Å². The summed E-state index contributed by atoms with van der Waals surface area (Å²) in [5.74, 6) is 0.871. The highest BCUT2D eigenvalue weighted by Gasteiger charge is 2.41. The maximum atomic E-state index is 12.6. The molecule has 0 atom stereocenters. The SMILES string of the molecule is NCC1(C(=O)C2CCCC2)CCCCCC1. The number of hydrogen-bond donors (Lipinski definition) is 1. The Labute approximate surface area is 99.0 Å². The maximum Gasteiger partial charge on any atom is 0.143 e. The minimum absolute atomic E-state index is 0.133. The number of ketones is 1. The summed E-state index contributed by atoms with van der Waals surface area (Å²) in [6, 6.07) is 0. The average molecular weight is 223 g/mol. The Balaban J connectivity index is 2.08. The molecule has 0 bridgehead atoms. The van der Waals surface area contributed by atoms with Crippen LogP contribution in [0, 0.1) is 11.3 Å². The number of Topliss-reactive ketones (excluding diaryl/α,β-unsaturated/α-hetero) is 1. The van der Waals surface area contributed by atoms with E-state index in [-0.39, 0.29) is 5.41 Å². The van der Waals surface area contributed by atoms with Crippen molar-refractivity contribution in [1.29, 1.82) is 0 Å². The number of carbonyl (C=O) groups is 1. The Morgan fingerprint density at radius 3 is 2.06 bits per heavy atom. The predicted molar refractivity (Wildman–Crippen MR) is 66.2 cm³/mol. The molecule has 2 heteroatoms. The van der Waals surface area contributed by atoms with Gasteiger partial charge in [0.05, 0.1) is 0 Å². The van der Waals surface area contributed by atoms with Crippen molar-refractivity contribution in [3.8, 4) is 0 Å². The van der Waals surface area contributed by atoms with Gasteiger partial charge < -0.3 is 5.73 Å². The molecule has 2 aliphatic rings. The first-order valence-corrected chi connectivity index (χ1v) is 7.03. The van der Waals surface area contributed by atoms with Crippen LogP contribution in [-0.4, -0.2) is 12.3 Å². The average Bonchev–Trinajstić information content (AvgIpc) is 2.73. The summed E-state index contributed by atoms with van der Waals surface area (Å²) < 4.78 is 0. The third-order valence-electron chi connectivity index (χ3n) is 4.70. The van der Waals surface area contributed by atoms with E-state index in [9.17, 15) is 4.79 Å². The molecule has 0 aromatic heterocycles. The second-order valence-corrected chi connectivity index (χ2v) is 5.74. The largest absolute Gasteiger partial charge is 0.329 e. The Morgan fingerprint density at radius 2 is 1.56 bits per heavy atom. The van der Waals surface area contributed by atoms with Crippen molar-refractivity contribution in [2.75, 3.05) is 6.54 Å². The van der Waals surface area contributed by atoms with E-state index < -0.39 is 0 Å². The smallest absolute Gasteiger partial charge is 0.143 e. The molecule has 16 heavy (non-hydrogen) atoms. The van der Waals surface area contributed by atoms with Crippen molar-refractivity contribution >= 4 is 5.78 Å². The zero-order valence-corrected chi connectivity index (χ0v) is 10.3. The van der Waals surface area contributed by atoms with Gasteiger partial charge in [-0.3, -0.25) is 4.79 Å². The molecule has 2 aliphatic carbocycles. The van der Waals surface area contributed by atoms with Crippen LogP contribution in [0.15, 0.2) is 0 Å². The fourth-order valence-electron chi connectivity index (χ4n) is 3.58. The number of rotatable bonds is 3. The molecule has 2 fully saturated rings. The first kappa shape index (κ1) is 12.1. The molecule has 0 amide bonds. The number of nitrogens with two attached hydrogens (primary N) is 1. The summed E-state index contributed by atoms with van der Waals surface area (Å²) in [6.07, 6.45) is 11.8. The summed E-state index contributed by atoms with van der Waals surface area (Å²) in [4.78, 5) is 12.6. The van der Waals surface area contributed by atoms with Gasteiger partial charge in [0.2, 0.25) is 0 Å². The molecule has 2 rings (SSSR count). The normalized spacial score (nSPS) is 26.6. The molecule has 0 saturated heterocycles. The molecule has 0 aromatic rings. The lowest BCUT2D eigenvalue weighted by molar-refractivity contribution is -0.133. The quantitative estimate of drug-likeness (QED) is 0.747. The fraction of sp³-hybridized carbons (Fsp3) is 0.929. The van der Waals surface area contributed by atoms with Gasteiger partial charge in [0.1, 0.15) is 5.78 Å². The minimum atomic E-state index is -0.133. The zero-order valence-electron chi connectivity index (χ0n) is 10.3. The van der Waals surface area contributed by atoms with Crippen molar-refractivity contribution in [2.24, 2.45) is 17.1 Å². The van der Waals surface area contributed by atoms with E-state index in [0.717, 1.165) is 25.7 Å². The van der Waals surface area contributed by atoms with Crippen LogP contribution in [0.5, 0.6) is 0 Å². The van der Waals surface area contributed by atoms with Crippen LogP contribution in [-0.2, 0) is 4.79 Å². The van der Waals surface area contributed by atoms with Crippen molar-refractivity contribution in [2.45, 2.75) is 64.2 Å². The Hall–Kier alpha value is -0.370. The zero-order chi connectivity index (χ0) is 11.4. The monoisotopic (exact) mass is 223 g/mol. The highest BCUT2D eigenvalue weighted by molar-refractivity contribution is 5.87. The van der Waals surface area contributed by atoms with Crippen LogP contribution in [0.4, 0.5) is 0 Å². The third-order valence-corrected chi connectivity index (χ3v) is 4.70. The van der Waals surface area contributed by atoms with E-state index >= 15 is 0 Å². The summed E-state index contributed by atoms with van der Waals surface area (Å²) >= 11 is 0. The summed E-state index contributed by atoms with van der Waals surface area (Å²) in [6.45, 7) is 0.586. The molecular weight excluding hydrogens is 198 g/mol. The third kappa shape index (κ3) is 2.32. The van der Waals surface area contributed by atoms with E-state index in [1.807, 2.05) is 0 Å². The lowest BCUT2D eigenvalue weighted by Crippen LogP contribution is -2.41. The topological polar surface area (TPSA) is 43.1 Å². The van der Waals surface area contributed by atoms with Crippen molar-refractivity contribution < 1.29 is 4.79 Å². The van der Waals surface area contributed by atoms with Crippen LogP contribution in [0.3, 0.4) is 0 Å². The summed E-state index contributed by atoms with van der Waals surface area (Å²) in [7, 11) is 0. The molecular formula is C14H25NO. The molecule has 0 heterocycles. The standard InChI is InChI=1S/C14H25NO/c15-11-14(9-5-1-2-6-10-14)13(16)12-7-3-4-8-12/h12H,1-11,15H2. The van der Waals surface area contributed by atoms with Crippen LogP contribution in [0.1, 0.15) is 64.2 Å². The van der Waals surface area contributed by atoms with E-state index in [1.54, 1.807) is 0 Å². The minimum Gasteiger partial charge on any atom is -0.329 e. The van der Waals surface area contributed by atoms with E-state index in [1.165, 1.54) is 38.5 Å². The lowest BCUT2D eigenvalue weighted by Gasteiger charge is -2.32. The fourth-order valence-corrected chi connectivity index (χ4v) is 3.58. The van der Waals surface area contributed by atoms with Gasteiger partial charge in [-0.15, -0.1) is 0 Å². The number of carbonyl (C=O) groups excluding carboxylic acids is 1. The van der Waals surface area contributed by atoms with Crippen molar-refractivity contribution in [1.82, 2.24) is 0 Å². The molecule has 2 saturated carbocycles. The molecule has 2 nitrogen and oxygen atoms in total. The van der Waals surface area contributed by atoms with Gasteiger partial charge in [0.15, 0.2) is 0 Å². The van der Waals surface area contributed by atoms with Gasteiger partial charge in [0, 0.05) is 17.9 Å². The van der Waals surface area contributed by atoms with Gasteiger partial charge >= 0.3 is 0 Å². The van der Waals surface area contributed by atoms with Gasteiger partial charge in [-0.2, -0.15) is 0 Å². The summed E-state index contributed by atoms with van der Waals surface area (Å²) in [5.41, 5.74) is 5.82. The van der Waals surface area contributed by atoms with E-state index in [4.69, 9.17) is 5.73 Å². The van der Waals surface area contributed by atoms with Crippen LogP contribution in [0.25, 0.3) is 0 Å². The number of hydrogen-bond acceptors (Lipinski definition) is 2. The van der Waals surface area contributed by atoms with Gasteiger partial charge in [-0.05, 0) is 25.7 Å². The Morgan fingerprint density at radius 1 is 1.00 bits per heavy atom. The Kier molecular flexibility index (Phi) is 4.01. The molecule has 0 aliphatic heterocycles. The highest BCUT2D eigenvalue weighted by atomic mass is 16.1. The lowest BCUT2D eigenvalue weighted by atomic mass is 9.72. The van der Waals surface area contributed by atoms with Gasteiger partial charge in [-0.25, -0.2) is 0 Å². The van der Waals surface area contributed by atoms with Crippen LogP contribution < -0.4 is 5.73 Å². The molecule has 92 valence electrons.